The summed E-state index contributed by atoms with van der Waals surface area (Å²) in [6.07, 6.45) is 7.34. The van der Waals surface area contributed by atoms with Crippen molar-refractivity contribution in [2.75, 3.05) is 18.5 Å². The van der Waals surface area contributed by atoms with Crippen LogP contribution < -0.4 is 16.0 Å². The predicted octanol–water partition coefficient (Wildman–Crippen LogP) is 3.59. The molecule has 1 saturated carbocycles. The van der Waals surface area contributed by atoms with Crippen LogP contribution in [-0.4, -0.2) is 41.1 Å². The number of anilines is 1. The molecule has 168 valence electrons. The molecule has 0 aromatic carbocycles. The minimum atomic E-state index is -0.561. The quantitative estimate of drug-likeness (QED) is 0.380. The standard InChI is InChI=1S/C22H29ClN4O3S/c23-16-8-10-24-20(13-16)26-14-17-6-7-19(31-17)22(30)27-18(12-15-4-1-2-5-15)21(29)25-9-3-11-28/h6-8,10,13,15,18,28H,1-5,9,11-12,14H2,(H,24,26)(H,25,29)(H,27,30). The maximum Gasteiger partial charge on any atom is 0.262 e. The molecule has 0 spiro atoms. The van der Waals surface area contributed by atoms with Crippen molar-refractivity contribution in [2.45, 2.75) is 51.1 Å². The van der Waals surface area contributed by atoms with E-state index < -0.39 is 6.04 Å². The molecule has 9 heteroatoms. The zero-order chi connectivity index (χ0) is 22.1. The maximum absolute atomic E-state index is 12.8. The first kappa shape index (κ1) is 23.5. The minimum Gasteiger partial charge on any atom is -0.396 e. The van der Waals surface area contributed by atoms with Crippen LogP contribution in [0.1, 0.15) is 53.1 Å². The number of aliphatic hydroxyl groups is 1. The fourth-order valence-corrected chi connectivity index (χ4v) is 4.74. The molecule has 1 aliphatic rings. The SMILES string of the molecule is O=C(NC(CC1CCCC1)C(=O)NCCCO)c1ccc(CNc2cc(Cl)ccn2)s1. The molecule has 31 heavy (non-hydrogen) atoms. The number of aliphatic hydroxyl groups excluding tert-OH is 1. The third-order valence-electron chi connectivity index (χ3n) is 5.35. The molecule has 1 unspecified atom stereocenters. The molecule has 4 N–H and O–H groups in total. The third kappa shape index (κ3) is 7.48. The van der Waals surface area contributed by atoms with Gasteiger partial charge in [0, 0.05) is 29.2 Å². The summed E-state index contributed by atoms with van der Waals surface area (Å²) in [4.78, 5) is 31.2. The number of thiophene rings is 1. The molecule has 0 bridgehead atoms. The fraction of sp³-hybridized carbons (Fsp3) is 0.500. The predicted molar refractivity (Wildman–Crippen MR) is 123 cm³/mol. The Morgan fingerprint density at radius 1 is 1.26 bits per heavy atom. The van der Waals surface area contributed by atoms with E-state index in [-0.39, 0.29) is 18.4 Å². The van der Waals surface area contributed by atoms with E-state index >= 15 is 0 Å². The van der Waals surface area contributed by atoms with Crippen LogP contribution in [0.4, 0.5) is 5.82 Å². The molecule has 0 radical (unpaired) electrons. The van der Waals surface area contributed by atoms with E-state index in [4.69, 9.17) is 16.7 Å². The first-order chi connectivity index (χ1) is 15.0. The van der Waals surface area contributed by atoms with Gasteiger partial charge in [-0.3, -0.25) is 9.59 Å². The average molecular weight is 465 g/mol. The molecular formula is C22H29ClN4O3S. The highest BCUT2D eigenvalue weighted by Crippen LogP contribution is 2.29. The Labute approximate surface area is 191 Å². The smallest absolute Gasteiger partial charge is 0.262 e. The van der Waals surface area contributed by atoms with Crippen LogP contribution in [0, 0.1) is 5.92 Å². The Morgan fingerprint density at radius 3 is 2.81 bits per heavy atom. The maximum atomic E-state index is 12.8. The summed E-state index contributed by atoms with van der Waals surface area (Å²) in [5.41, 5.74) is 0. The molecule has 1 atom stereocenters. The second-order valence-electron chi connectivity index (χ2n) is 7.76. The normalized spacial score (nSPS) is 14.9. The van der Waals surface area contributed by atoms with E-state index in [0.29, 0.717) is 47.6 Å². The van der Waals surface area contributed by atoms with Gasteiger partial charge in [-0.05, 0) is 43.0 Å². The summed E-state index contributed by atoms with van der Waals surface area (Å²) < 4.78 is 0. The zero-order valence-corrected chi connectivity index (χ0v) is 19.0. The monoisotopic (exact) mass is 464 g/mol. The minimum absolute atomic E-state index is 0.0244. The molecule has 2 aromatic rings. The summed E-state index contributed by atoms with van der Waals surface area (Å²) in [7, 11) is 0. The first-order valence-corrected chi connectivity index (χ1v) is 11.9. The van der Waals surface area contributed by atoms with E-state index in [0.717, 1.165) is 17.7 Å². The molecule has 3 rings (SSSR count). The van der Waals surface area contributed by atoms with Gasteiger partial charge in [-0.25, -0.2) is 4.98 Å². The van der Waals surface area contributed by atoms with E-state index in [1.807, 2.05) is 6.07 Å². The molecule has 1 fully saturated rings. The van der Waals surface area contributed by atoms with E-state index in [1.165, 1.54) is 24.2 Å². The number of pyridine rings is 1. The van der Waals surface area contributed by atoms with Crippen LogP contribution in [0.25, 0.3) is 0 Å². The van der Waals surface area contributed by atoms with Crippen LogP contribution in [0.3, 0.4) is 0 Å². The highest BCUT2D eigenvalue weighted by Gasteiger charge is 2.27. The number of nitrogens with one attached hydrogen (secondary N) is 3. The van der Waals surface area contributed by atoms with Gasteiger partial charge < -0.3 is 21.1 Å². The summed E-state index contributed by atoms with van der Waals surface area (Å²) in [5.74, 6) is 0.710. The lowest BCUT2D eigenvalue weighted by Gasteiger charge is -2.21. The number of carbonyl (C=O) groups excluding carboxylic acids is 2. The van der Waals surface area contributed by atoms with E-state index in [9.17, 15) is 9.59 Å². The van der Waals surface area contributed by atoms with Crippen LogP contribution >= 0.6 is 22.9 Å². The summed E-state index contributed by atoms with van der Waals surface area (Å²) in [6.45, 7) is 0.952. The van der Waals surface area contributed by atoms with E-state index in [1.54, 1.807) is 24.4 Å². The second kappa shape index (κ2) is 12.0. The molecule has 1 aliphatic carbocycles. The van der Waals surface area contributed by atoms with Crippen molar-refractivity contribution in [3.05, 3.63) is 45.2 Å². The lowest BCUT2D eigenvalue weighted by atomic mass is 9.97. The molecule has 2 aromatic heterocycles. The lowest BCUT2D eigenvalue weighted by Crippen LogP contribution is -2.47. The fourth-order valence-electron chi connectivity index (χ4n) is 3.73. The largest absolute Gasteiger partial charge is 0.396 e. The summed E-state index contributed by atoms with van der Waals surface area (Å²) in [6, 6.07) is 6.56. The third-order valence-corrected chi connectivity index (χ3v) is 6.67. The van der Waals surface area contributed by atoms with Crippen molar-refractivity contribution in [3.8, 4) is 0 Å². The van der Waals surface area contributed by atoms with E-state index in [2.05, 4.69) is 20.9 Å². The Morgan fingerprint density at radius 2 is 2.06 bits per heavy atom. The Bertz CT molecular complexity index is 870. The topological polar surface area (TPSA) is 103 Å². The number of amides is 2. The molecule has 7 nitrogen and oxygen atoms in total. The van der Waals surface area contributed by atoms with Gasteiger partial charge in [-0.1, -0.05) is 37.3 Å². The lowest BCUT2D eigenvalue weighted by molar-refractivity contribution is -0.123. The van der Waals surface area contributed by atoms with Gasteiger partial charge in [0.2, 0.25) is 5.91 Å². The number of hydrogen-bond donors (Lipinski definition) is 4. The van der Waals surface area contributed by atoms with Crippen LogP contribution in [0.15, 0.2) is 30.5 Å². The highest BCUT2D eigenvalue weighted by molar-refractivity contribution is 7.14. The molecule has 2 amide bonds. The van der Waals surface area contributed by atoms with Crippen molar-refractivity contribution in [1.82, 2.24) is 15.6 Å². The van der Waals surface area contributed by atoms with Gasteiger partial charge in [0.15, 0.2) is 0 Å². The number of nitrogens with zero attached hydrogens (tertiary/aromatic N) is 1. The first-order valence-electron chi connectivity index (χ1n) is 10.7. The second-order valence-corrected chi connectivity index (χ2v) is 9.36. The molecule has 2 heterocycles. The van der Waals surface area contributed by atoms with Crippen LogP contribution in [-0.2, 0) is 11.3 Å². The number of rotatable bonds is 11. The van der Waals surface area contributed by atoms with Gasteiger partial charge in [-0.2, -0.15) is 0 Å². The molecule has 0 saturated heterocycles. The van der Waals surface area contributed by atoms with Crippen molar-refractivity contribution in [3.63, 3.8) is 0 Å². The van der Waals surface area contributed by atoms with Crippen molar-refractivity contribution in [2.24, 2.45) is 5.92 Å². The average Bonchev–Trinajstić information content (AvgIpc) is 3.44. The molecule has 0 aliphatic heterocycles. The Balaban J connectivity index is 1.57. The van der Waals surface area contributed by atoms with Gasteiger partial charge in [-0.15, -0.1) is 11.3 Å². The number of hydrogen-bond acceptors (Lipinski definition) is 6. The number of halogens is 1. The van der Waals surface area contributed by atoms with Crippen LogP contribution in [0.5, 0.6) is 0 Å². The Hall–Kier alpha value is -2.16. The van der Waals surface area contributed by atoms with Gasteiger partial charge in [0.1, 0.15) is 11.9 Å². The summed E-state index contributed by atoms with van der Waals surface area (Å²) >= 11 is 7.35. The number of carbonyl (C=O) groups is 2. The summed E-state index contributed by atoms with van der Waals surface area (Å²) in [5, 5.41) is 18.5. The Kier molecular flexibility index (Phi) is 9.12. The van der Waals surface area contributed by atoms with Gasteiger partial charge >= 0.3 is 0 Å². The van der Waals surface area contributed by atoms with Crippen molar-refractivity contribution >= 4 is 40.6 Å². The van der Waals surface area contributed by atoms with Crippen molar-refractivity contribution < 1.29 is 14.7 Å². The zero-order valence-electron chi connectivity index (χ0n) is 17.4. The number of aromatic nitrogens is 1. The van der Waals surface area contributed by atoms with Gasteiger partial charge in [0.05, 0.1) is 11.4 Å². The van der Waals surface area contributed by atoms with Crippen molar-refractivity contribution in [1.29, 1.82) is 0 Å². The van der Waals surface area contributed by atoms with Crippen LogP contribution in [0.2, 0.25) is 5.02 Å². The highest BCUT2D eigenvalue weighted by atomic mass is 35.5. The molecular weight excluding hydrogens is 436 g/mol. The van der Waals surface area contributed by atoms with Gasteiger partial charge in [0.25, 0.3) is 5.91 Å².